The lowest BCUT2D eigenvalue weighted by Gasteiger charge is -2.61. The van der Waals surface area contributed by atoms with Crippen LogP contribution in [0.25, 0.3) is 0 Å². The van der Waals surface area contributed by atoms with E-state index in [4.69, 9.17) is 0 Å². The van der Waals surface area contributed by atoms with Crippen LogP contribution in [0.4, 0.5) is 0 Å². The van der Waals surface area contributed by atoms with Gasteiger partial charge in [-0.3, -0.25) is 4.79 Å². The fourth-order valence-corrected chi connectivity index (χ4v) is 6.79. The lowest BCUT2D eigenvalue weighted by Crippen LogP contribution is -2.62. The molecular weight excluding hydrogens is 314 g/mol. The maximum absolute atomic E-state index is 13.6. The highest BCUT2D eigenvalue weighted by atomic mass is 16.2. The monoisotopic (exact) mass is 343 g/mol. The molecule has 2 atom stereocenters. The van der Waals surface area contributed by atoms with Crippen molar-refractivity contribution < 1.29 is 4.79 Å². The predicted molar refractivity (Wildman–Crippen MR) is 93.8 cm³/mol. The summed E-state index contributed by atoms with van der Waals surface area (Å²) in [5, 5.41) is 4.50. The molecule has 6 rings (SSSR count). The molecule has 1 amide bonds. The molecule has 0 spiro atoms. The number of nitrogens with zero attached hydrogens (tertiary/aromatic N) is 5. The number of aromatic nitrogens is 3. The maximum Gasteiger partial charge on any atom is 0.228 e. The highest BCUT2D eigenvalue weighted by Crippen LogP contribution is 2.64. The van der Waals surface area contributed by atoms with Crippen LogP contribution in [-0.4, -0.2) is 63.2 Å². The summed E-state index contributed by atoms with van der Waals surface area (Å²) in [5.41, 5.74) is -0.0914. The van der Waals surface area contributed by atoms with E-state index < -0.39 is 0 Å². The minimum Gasteiger partial charge on any atom is -0.340 e. The van der Waals surface area contributed by atoms with Gasteiger partial charge in [0.15, 0.2) is 0 Å². The van der Waals surface area contributed by atoms with Crippen molar-refractivity contribution in [3.63, 3.8) is 0 Å². The molecule has 5 fully saturated rings. The van der Waals surface area contributed by atoms with Gasteiger partial charge in [-0.05, 0) is 56.9 Å². The molecule has 0 N–H and O–H groups in total. The summed E-state index contributed by atoms with van der Waals surface area (Å²) in [4.78, 5) is 22.4. The van der Waals surface area contributed by atoms with Gasteiger partial charge in [-0.2, -0.15) is 5.10 Å². The first-order valence-corrected chi connectivity index (χ1v) is 9.99. The van der Waals surface area contributed by atoms with Crippen molar-refractivity contribution in [1.82, 2.24) is 24.6 Å². The summed E-state index contributed by atoms with van der Waals surface area (Å²) < 4.78 is 2.10. The van der Waals surface area contributed by atoms with Crippen LogP contribution in [0.5, 0.6) is 0 Å². The van der Waals surface area contributed by atoms with Crippen LogP contribution in [0, 0.1) is 17.3 Å². The fourth-order valence-electron chi connectivity index (χ4n) is 6.79. The minimum atomic E-state index is -0.135. The molecule has 1 aromatic rings. The normalized spacial score (nSPS) is 40.6. The number of piperazine rings is 1. The van der Waals surface area contributed by atoms with E-state index in [1.54, 1.807) is 6.33 Å². The minimum absolute atomic E-state index is 0.0431. The first-order valence-electron chi connectivity index (χ1n) is 9.99. The Labute approximate surface area is 149 Å². The number of likely N-dealkylation sites (N-methyl/N-ethyl adjacent to an activating group) is 1. The van der Waals surface area contributed by atoms with E-state index in [1.165, 1.54) is 19.3 Å². The zero-order chi connectivity index (χ0) is 17.1. The molecule has 6 nitrogen and oxygen atoms in total. The Morgan fingerprint density at radius 1 is 1.12 bits per heavy atom. The smallest absolute Gasteiger partial charge is 0.228 e. The van der Waals surface area contributed by atoms with E-state index in [-0.39, 0.29) is 11.0 Å². The molecule has 5 aliphatic rings. The Kier molecular flexibility index (Phi) is 3.50. The van der Waals surface area contributed by atoms with Gasteiger partial charge >= 0.3 is 0 Å². The first-order chi connectivity index (χ1) is 12.1. The second-order valence-electron chi connectivity index (χ2n) is 9.03. The van der Waals surface area contributed by atoms with Crippen molar-refractivity contribution in [1.29, 1.82) is 0 Å². The summed E-state index contributed by atoms with van der Waals surface area (Å²) in [6.45, 7) is 7.16. The molecule has 2 heterocycles. The average Bonchev–Trinajstić information content (AvgIpc) is 3.16. The van der Waals surface area contributed by atoms with Crippen LogP contribution in [0.2, 0.25) is 0 Å². The molecule has 4 saturated carbocycles. The van der Waals surface area contributed by atoms with Crippen molar-refractivity contribution in [2.75, 3.05) is 32.7 Å². The third-order valence-electron chi connectivity index (χ3n) is 7.50. The SMILES string of the molecule is CCN1CCN(C(=O)C23C[C@H]4C[C@H](C2)CC(n2cncn2)(C4)C3)CC1. The van der Waals surface area contributed by atoms with Gasteiger partial charge in [-0.15, -0.1) is 0 Å². The largest absolute Gasteiger partial charge is 0.340 e. The van der Waals surface area contributed by atoms with Crippen molar-refractivity contribution >= 4 is 5.91 Å². The number of carbonyl (C=O) groups excluding carboxylic acids is 1. The van der Waals surface area contributed by atoms with Crippen LogP contribution >= 0.6 is 0 Å². The third kappa shape index (κ3) is 2.36. The highest BCUT2D eigenvalue weighted by molar-refractivity contribution is 5.83. The highest BCUT2D eigenvalue weighted by Gasteiger charge is 2.62. The molecule has 1 aliphatic heterocycles. The van der Waals surface area contributed by atoms with Gasteiger partial charge in [-0.1, -0.05) is 6.92 Å². The molecule has 1 aromatic heterocycles. The van der Waals surface area contributed by atoms with E-state index in [0.717, 1.165) is 52.0 Å². The van der Waals surface area contributed by atoms with E-state index in [2.05, 4.69) is 31.5 Å². The second-order valence-corrected chi connectivity index (χ2v) is 9.03. The van der Waals surface area contributed by atoms with Gasteiger partial charge < -0.3 is 9.80 Å². The molecule has 1 saturated heterocycles. The lowest BCUT2D eigenvalue weighted by atomic mass is 9.46. The van der Waals surface area contributed by atoms with Crippen LogP contribution < -0.4 is 0 Å². The number of hydrogen-bond acceptors (Lipinski definition) is 4. The summed E-state index contributed by atoms with van der Waals surface area (Å²) in [6.07, 6.45) is 10.4. The molecular formula is C19H29N5O. The Balaban J connectivity index is 1.42. The first kappa shape index (κ1) is 15.8. The number of hydrogen-bond donors (Lipinski definition) is 0. The second kappa shape index (κ2) is 5.53. The molecule has 6 heteroatoms. The van der Waals surface area contributed by atoms with Gasteiger partial charge in [0.1, 0.15) is 12.7 Å². The van der Waals surface area contributed by atoms with E-state index in [0.29, 0.717) is 17.7 Å². The van der Waals surface area contributed by atoms with Crippen LogP contribution in [0.1, 0.15) is 45.4 Å². The fraction of sp³-hybridized carbons (Fsp3) is 0.842. The topological polar surface area (TPSA) is 54.3 Å². The predicted octanol–water partition coefficient (Wildman–Crippen LogP) is 1.74. The van der Waals surface area contributed by atoms with Gasteiger partial charge in [0.25, 0.3) is 0 Å². The molecule has 0 aromatic carbocycles. The van der Waals surface area contributed by atoms with Gasteiger partial charge in [0.05, 0.1) is 11.0 Å². The van der Waals surface area contributed by atoms with Crippen LogP contribution in [0.3, 0.4) is 0 Å². The Morgan fingerprint density at radius 2 is 1.84 bits per heavy atom. The summed E-state index contributed by atoms with van der Waals surface area (Å²) in [6, 6.07) is 0. The summed E-state index contributed by atoms with van der Waals surface area (Å²) >= 11 is 0. The average molecular weight is 343 g/mol. The van der Waals surface area contributed by atoms with E-state index in [1.807, 2.05) is 6.33 Å². The standard InChI is InChI=1S/C19H29N5O/c1-2-22-3-5-23(6-4-22)17(25)18-8-15-7-16(9-18)11-19(10-15,12-18)24-14-20-13-21-24/h13-16H,2-12H2,1H3/t15-,16-,18?,19?/m1/s1. The third-order valence-corrected chi connectivity index (χ3v) is 7.50. The molecule has 136 valence electrons. The van der Waals surface area contributed by atoms with Gasteiger partial charge in [-0.25, -0.2) is 9.67 Å². The number of carbonyl (C=O) groups is 1. The van der Waals surface area contributed by atoms with E-state index >= 15 is 0 Å². The molecule has 4 bridgehead atoms. The molecule has 4 aliphatic carbocycles. The zero-order valence-corrected chi connectivity index (χ0v) is 15.2. The van der Waals surface area contributed by atoms with Gasteiger partial charge in [0, 0.05) is 26.2 Å². The quantitative estimate of drug-likeness (QED) is 0.839. The van der Waals surface area contributed by atoms with Gasteiger partial charge in [0.2, 0.25) is 5.91 Å². The Hall–Kier alpha value is -1.43. The Morgan fingerprint density at radius 3 is 2.44 bits per heavy atom. The van der Waals surface area contributed by atoms with Crippen LogP contribution in [-0.2, 0) is 10.3 Å². The van der Waals surface area contributed by atoms with Crippen LogP contribution in [0.15, 0.2) is 12.7 Å². The summed E-state index contributed by atoms with van der Waals surface area (Å²) in [7, 11) is 0. The van der Waals surface area contributed by atoms with E-state index in [9.17, 15) is 4.79 Å². The number of rotatable bonds is 3. The number of amides is 1. The van der Waals surface area contributed by atoms with Crippen molar-refractivity contribution in [2.24, 2.45) is 17.3 Å². The maximum atomic E-state index is 13.6. The van der Waals surface area contributed by atoms with Crippen molar-refractivity contribution in [3.05, 3.63) is 12.7 Å². The van der Waals surface area contributed by atoms with Crippen molar-refractivity contribution in [2.45, 2.75) is 51.0 Å². The van der Waals surface area contributed by atoms with Crippen molar-refractivity contribution in [3.8, 4) is 0 Å². The molecule has 25 heavy (non-hydrogen) atoms. The Bertz CT molecular complexity index is 635. The zero-order valence-electron chi connectivity index (χ0n) is 15.2. The molecule has 0 unspecified atom stereocenters. The summed E-state index contributed by atoms with van der Waals surface area (Å²) in [5.74, 6) is 1.82. The lowest BCUT2D eigenvalue weighted by molar-refractivity contribution is -0.168. The molecule has 0 radical (unpaired) electrons.